The van der Waals surface area contributed by atoms with Gasteiger partial charge in [-0.15, -0.1) is 11.3 Å². The van der Waals surface area contributed by atoms with Crippen molar-refractivity contribution >= 4 is 11.3 Å². The van der Waals surface area contributed by atoms with Gasteiger partial charge in [0.15, 0.2) is 0 Å². The largest absolute Gasteiger partial charge is 0.326 e. The van der Waals surface area contributed by atoms with E-state index in [-0.39, 0.29) is 5.82 Å². The maximum absolute atomic E-state index is 12.9. The Kier molecular flexibility index (Phi) is 3.54. The minimum absolute atomic E-state index is 0.345. The van der Waals surface area contributed by atoms with Crippen LogP contribution in [0.4, 0.5) is 4.39 Å². The maximum Gasteiger partial charge on any atom is 0.142 e. The van der Waals surface area contributed by atoms with Gasteiger partial charge >= 0.3 is 0 Å². The Bertz CT molecular complexity index is 705. The lowest BCUT2D eigenvalue weighted by Gasteiger charge is -1.99. The molecule has 0 aliphatic heterocycles. The number of hydrogen-bond donors (Lipinski definition) is 1. The molecule has 2 heterocycles. The Hall–Kier alpha value is -2.11. The average Bonchev–Trinajstić information content (AvgIpc) is 2.98. The normalized spacial score (nSPS) is 10.7. The number of thiazole rings is 1. The van der Waals surface area contributed by atoms with E-state index in [1.165, 1.54) is 23.6 Å². The summed E-state index contributed by atoms with van der Waals surface area (Å²) in [4.78, 5) is 8.58. The number of pyridine rings is 1. The fraction of sp³-hybridized carbons (Fsp3) is 0.0667. The Morgan fingerprint density at radius 3 is 2.50 bits per heavy atom. The highest BCUT2D eigenvalue weighted by molar-refractivity contribution is 7.13. The fourth-order valence-corrected chi connectivity index (χ4v) is 2.64. The third kappa shape index (κ3) is 2.59. The molecule has 2 N–H and O–H groups in total. The van der Waals surface area contributed by atoms with Crippen molar-refractivity contribution in [2.75, 3.05) is 0 Å². The minimum atomic E-state index is -0.345. The van der Waals surface area contributed by atoms with Crippen molar-refractivity contribution in [1.82, 2.24) is 9.97 Å². The molecule has 0 radical (unpaired) electrons. The van der Waals surface area contributed by atoms with Crippen LogP contribution in [-0.2, 0) is 6.54 Å². The summed E-state index contributed by atoms with van der Waals surface area (Å²) in [5.41, 5.74) is 9.27. The van der Waals surface area contributed by atoms with Crippen LogP contribution in [0, 0.1) is 5.82 Å². The molecule has 3 nitrogen and oxygen atoms in total. The highest BCUT2D eigenvalue weighted by atomic mass is 32.1. The van der Waals surface area contributed by atoms with Crippen LogP contribution >= 0.6 is 11.3 Å². The summed E-state index contributed by atoms with van der Waals surface area (Å²) < 4.78 is 12.9. The van der Waals surface area contributed by atoms with Crippen LogP contribution < -0.4 is 5.73 Å². The summed E-state index contributed by atoms with van der Waals surface area (Å²) in [6, 6.07) is 11.0. The van der Waals surface area contributed by atoms with Gasteiger partial charge in [-0.05, 0) is 17.7 Å². The Morgan fingerprint density at radius 1 is 1.05 bits per heavy atom. The van der Waals surface area contributed by atoms with E-state index in [2.05, 4.69) is 9.97 Å². The molecule has 5 heteroatoms. The van der Waals surface area contributed by atoms with E-state index in [9.17, 15) is 4.39 Å². The van der Waals surface area contributed by atoms with E-state index in [0.29, 0.717) is 12.2 Å². The van der Waals surface area contributed by atoms with Gasteiger partial charge in [-0.3, -0.25) is 4.98 Å². The first kappa shape index (κ1) is 12.9. The third-order valence-corrected chi connectivity index (χ3v) is 3.80. The summed E-state index contributed by atoms with van der Waals surface area (Å²) >= 11 is 1.49. The van der Waals surface area contributed by atoms with E-state index >= 15 is 0 Å². The molecule has 0 fully saturated rings. The molecule has 0 bridgehead atoms. The van der Waals surface area contributed by atoms with Gasteiger partial charge in [0.25, 0.3) is 0 Å². The monoisotopic (exact) mass is 285 g/mol. The van der Waals surface area contributed by atoms with Crippen molar-refractivity contribution in [3.8, 4) is 22.0 Å². The number of rotatable bonds is 3. The van der Waals surface area contributed by atoms with Crippen LogP contribution in [0.25, 0.3) is 22.0 Å². The van der Waals surface area contributed by atoms with Gasteiger partial charge in [-0.25, -0.2) is 9.37 Å². The minimum Gasteiger partial charge on any atom is -0.326 e. The zero-order chi connectivity index (χ0) is 13.9. The summed E-state index contributed by atoms with van der Waals surface area (Å²) in [5, 5.41) is 2.75. The van der Waals surface area contributed by atoms with Crippen LogP contribution in [0.1, 0.15) is 5.56 Å². The first-order chi connectivity index (χ1) is 9.76. The molecule has 0 saturated heterocycles. The summed E-state index contributed by atoms with van der Waals surface area (Å²) in [7, 11) is 0. The lowest BCUT2D eigenvalue weighted by Crippen LogP contribution is -1.95. The molecule has 0 unspecified atom stereocenters. The number of aromatic nitrogens is 2. The second-order valence-electron chi connectivity index (χ2n) is 4.30. The molecule has 2 aromatic heterocycles. The van der Waals surface area contributed by atoms with E-state index in [1.807, 2.05) is 29.6 Å². The molecule has 1 aromatic carbocycles. The first-order valence-corrected chi connectivity index (χ1v) is 7.01. The van der Waals surface area contributed by atoms with Crippen molar-refractivity contribution in [2.24, 2.45) is 5.73 Å². The predicted molar refractivity (Wildman–Crippen MR) is 78.6 cm³/mol. The fourth-order valence-electron chi connectivity index (χ4n) is 1.84. The quantitative estimate of drug-likeness (QED) is 0.801. The van der Waals surface area contributed by atoms with E-state index < -0.39 is 0 Å². The molecule has 0 spiro atoms. The van der Waals surface area contributed by atoms with Gasteiger partial charge in [0, 0.05) is 17.5 Å². The molecule has 0 aliphatic rings. The third-order valence-electron chi connectivity index (χ3n) is 2.94. The Balaban J connectivity index is 1.91. The van der Waals surface area contributed by atoms with Crippen molar-refractivity contribution in [3.63, 3.8) is 0 Å². The molecule has 3 rings (SSSR count). The molecule has 0 aliphatic carbocycles. The highest BCUT2D eigenvalue weighted by Gasteiger charge is 2.07. The van der Waals surface area contributed by atoms with Gasteiger partial charge in [0.2, 0.25) is 0 Å². The van der Waals surface area contributed by atoms with Crippen molar-refractivity contribution in [2.45, 2.75) is 6.54 Å². The second-order valence-corrected chi connectivity index (χ2v) is 5.16. The Labute approximate surface area is 119 Å². The summed E-state index contributed by atoms with van der Waals surface area (Å²) in [6.07, 6.45) is 1.20. The lowest BCUT2D eigenvalue weighted by molar-refractivity contribution is 0.622. The van der Waals surface area contributed by atoms with E-state index in [1.54, 1.807) is 6.07 Å². The number of nitrogens with two attached hydrogens (primary N) is 1. The number of halogens is 1. The standard InChI is InChI=1S/C15H12FN3S/c16-12-5-6-13(18-8-12)15-19-14(9-20-15)11-3-1-10(7-17)2-4-11/h1-6,8-9H,7,17H2. The first-order valence-electron chi connectivity index (χ1n) is 6.13. The number of nitrogens with zero attached hydrogens (tertiary/aromatic N) is 2. The zero-order valence-electron chi connectivity index (χ0n) is 10.6. The topological polar surface area (TPSA) is 51.8 Å². The molecular formula is C15H12FN3S. The molecule has 100 valence electrons. The van der Waals surface area contributed by atoms with Crippen molar-refractivity contribution in [1.29, 1.82) is 0 Å². The van der Waals surface area contributed by atoms with E-state index in [4.69, 9.17) is 5.73 Å². The molecule has 20 heavy (non-hydrogen) atoms. The molecule has 0 atom stereocenters. The number of hydrogen-bond acceptors (Lipinski definition) is 4. The van der Waals surface area contributed by atoms with Crippen LogP contribution in [0.15, 0.2) is 48.0 Å². The van der Waals surface area contributed by atoms with Crippen LogP contribution in [-0.4, -0.2) is 9.97 Å². The smallest absolute Gasteiger partial charge is 0.142 e. The van der Waals surface area contributed by atoms with Crippen molar-refractivity contribution < 1.29 is 4.39 Å². The highest BCUT2D eigenvalue weighted by Crippen LogP contribution is 2.27. The van der Waals surface area contributed by atoms with Crippen LogP contribution in [0.2, 0.25) is 0 Å². The maximum atomic E-state index is 12.9. The van der Waals surface area contributed by atoms with Gasteiger partial charge in [-0.1, -0.05) is 24.3 Å². The van der Waals surface area contributed by atoms with Gasteiger partial charge in [0.05, 0.1) is 17.6 Å². The average molecular weight is 285 g/mol. The lowest BCUT2D eigenvalue weighted by atomic mass is 10.1. The molecule has 3 aromatic rings. The Morgan fingerprint density at radius 2 is 1.85 bits per heavy atom. The van der Waals surface area contributed by atoms with Crippen LogP contribution in [0.5, 0.6) is 0 Å². The SMILES string of the molecule is NCc1ccc(-c2csc(-c3ccc(F)cn3)n2)cc1. The van der Waals surface area contributed by atoms with Gasteiger partial charge < -0.3 is 5.73 Å². The predicted octanol–water partition coefficient (Wildman–Crippen LogP) is 3.47. The second kappa shape index (κ2) is 5.48. The zero-order valence-corrected chi connectivity index (χ0v) is 11.4. The molecule has 0 saturated carbocycles. The van der Waals surface area contributed by atoms with Gasteiger partial charge in [-0.2, -0.15) is 0 Å². The molecular weight excluding hydrogens is 273 g/mol. The van der Waals surface area contributed by atoms with E-state index in [0.717, 1.165) is 21.8 Å². The van der Waals surface area contributed by atoms with Gasteiger partial charge in [0.1, 0.15) is 10.8 Å². The van der Waals surface area contributed by atoms with Crippen LogP contribution in [0.3, 0.4) is 0 Å². The summed E-state index contributed by atoms with van der Waals surface area (Å²) in [6.45, 7) is 0.530. The van der Waals surface area contributed by atoms with Crippen molar-refractivity contribution in [3.05, 3.63) is 59.4 Å². The summed E-state index contributed by atoms with van der Waals surface area (Å²) in [5.74, 6) is -0.345. The molecule has 0 amide bonds. The number of benzene rings is 1.